The zero-order valence-electron chi connectivity index (χ0n) is 14.2. The fraction of sp³-hybridized carbons (Fsp3) is 0.368. The fourth-order valence-electron chi connectivity index (χ4n) is 3.39. The number of aliphatic hydroxyl groups is 1. The number of fused-ring (bicyclic) bond motifs is 1. The maximum atomic E-state index is 13.0. The van der Waals surface area contributed by atoms with Crippen LogP contribution in [0.25, 0.3) is 0 Å². The Morgan fingerprint density at radius 2 is 1.89 bits per heavy atom. The predicted octanol–water partition coefficient (Wildman–Crippen LogP) is 4.41. The van der Waals surface area contributed by atoms with E-state index >= 15 is 0 Å². The van der Waals surface area contributed by atoms with Crippen molar-refractivity contribution in [1.82, 2.24) is 0 Å². The molecule has 0 spiro atoms. The number of ether oxygens (including phenoxy) is 1. The van der Waals surface area contributed by atoms with Crippen molar-refractivity contribution in [3.63, 3.8) is 0 Å². The van der Waals surface area contributed by atoms with E-state index in [2.05, 4.69) is 10.6 Å². The number of aliphatic hydroxyl groups excluding tert-OH is 1. The number of benzene rings is 2. The van der Waals surface area contributed by atoms with Crippen molar-refractivity contribution in [2.75, 3.05) is 10.6 Å². The Bertz CT molecular complexity index is 859. The molecule has 0 amide bonds. The number of rotatable bonds is 4. The molecule has 27 heavy (non-hydrogen) atoms. The standard InChI is InChI=1S/C19H18ClF3N2O2/c20-15-7-5-11(8-14(15)19(21,22)23)24-17-18(27-17)25-16-3-1-2-10-4-6-12(26)9-13(10)16/h1-3,5,7-8,12,17-18,24-26H,4,6,9H2/t12-,17?,18?/m0/s1. The second-order valence-electron chi connectivity index (χ2n) is 6.80. The topological polar surface area (TPSA) is 56.8 Å². The first-order valence-electron chi connectivity index (χ1n) is 8.65. The van der Waals surface area contributed by atoms with Gasteiger partial charge in [0.2, 0.25) is 0 Å². The molecule has 4 nitrogen and oxygen atoms in total. The smallest absolute Gasteiger partial charge is 0.393 e. The highest BCUT2D eigenvalue weighted by Crippen LogP contribution is 2.37. The van der Waals surface area contributed by atoms with E-state index in [0.29, 0.717) is 6.42 Å². The van der Waals surface area contributed by atoms with Gasteiger partial charge in [-0.1, -0.05) is 23.7 Å². The Balaban J connectivity index is 1.43. The number of epoxide rings is 1. The Hall–Kier alpha value is -1.96. The molecule has 3 N–H and O–H groups in total. The van der Waals surface area contributed by atoms with Gasteiger partial charge in [-0.2, -0.15) is 13.2 Å². The van der Waals surface area contributed by atoms with Crippen molar-refractivity contribution < 1.29 is 23.0 Å². The average molecular weight is 399 g/mol. The largest absolute Gasteiger partial charge is 0.417 e. The molecule has 1 fully saturated rings. The minimum Gasteiger partial charge on any atom is -0.393 e. The molecule has 0 bridgehead atoms. The summed E-state index contributed by atoms with van der Waals surface area (Å²) < 4.78 is 44.4. The highest BCUT2D eigenvalue weighted by molar-refractivity contribution is 6.31. The van der Waals surface area contributed by atoms with E-state index in [1.807, 2.05) is 18.2 Å². The molecule has 0 saturated carbocycles. The molecule has 0 radical (unpaired) electrons. The number of aryl methyl sites for hydroxylation is 1. The molecule has 1 aliphatic heterocycles. The van der Waals surface area contributed by atoms with E-state index in [1.54, 1.807) is 0 Å². The lowest BCUT2D eigenvalue weighted by Crippen LogP contribution is -2.21. The molecule has 1 saturated heterocycles. The Kier molecular flexibility index (Phi) is 4.70. The maximum Gasteiger partial charge on any atom is 0.417 e. The zero-order valence-corrected chi connectivity index (χ0v) is 14.9. The van der Waals surface area contributed by atoms with Gasteiger partial charge in [0.1, 0.15) is 0 Å². The first-order chi connectivity index (χ1) is 12.8. The molecular formula is C19H18ClF3N2O2. The van der Waals surface area contributed by atoms with E-state index in [4.69, 9.17) is 16.3 Å². The van der Waals surface area contributed by atoms with Crippen LogP contribution in [-0.4, -0.2) is 23.7 Å². The van der Waals surface area contributed by atoms with Crippen LogP contribution in [0.4, 0.5) is 24.5 Å². The molecule has 2 aromatic carbocycles. The third-order valence-corrected chi connectivity index (χ3v) is 5.16. The van der Waals surface area contributed by atoms with Gasteiger partial charge in [-0.15, -0.1) is 0 Å². The van der Waals surface area contributed by atoms with Gasteiger partial charge in [-0.25, -0.2) is 0 Å². The second-order valence-corrected chi connectivity index (χ2v) is 7.21. The third kappa shape index (κ3) is 4.00. The van der Waals surface area contributed by atoms with Crippen LogP contribution < -0.4 is 10.6 Å². The third-order valence-electron chi connectivity index (χ3n) is 4.83. The highest BCUT2D eigenvalue weighted by atomic mass is 35.5. The van der Waals surface area contributed by atoms with Gasteiger partial charge in [0.15, 0.2) is 12.5 Å². The van der Waals surface area contributed by atoms with Gasteiger partial charge in [0, 0.05) is 17.8 Å². The Morgan fingerprint density at radius 1 is 1.11 bits per heavy atom. The number of hydrogen-bond donors (Lipinski definition) is 3. The minimum atomic E-state index is -4.51. The molecule has 4 rings (SSSR count). The van der Waals surface area contributed by atoms with Crippen LogP contribution in [0, 0.1) is 0 Å². The highest BCUT2D eigenvalue weighted by Gasteiger charge is 2.40. The van der Waals surface area contributed by atoms with Gasteiger partial charge in [-0.3, -0.25) is 0 Å². The molecule has 1 aliphatic carbocycles. The van der Waals surface area contributed by atoms with Gasteiger partial charge in [0.05, 0.1) is 16.7 Å². The number of anilines is 2. The molecule has 2 aliphatic rings. The lowest BCUT2D eigenvalue weighted by molar-refractivity contribution is -0.137. The fourth-order valence-corrected chi connectivity index (χ4v) is 3.61. The Labute approximate surface area is 159 Å². The molecule has 2 aromatic rings. The van der Waals surface area contributed by atoms with Crippen LogP contribution in [0.2, 0.25) is 5.02 Å². The average Bonchev–Trinajstić information content (AvgIpc) is 3.33. The lowest BCUT2D eigenvalue weighted by atomic mass is 9.88. The molecule has 0 aromatic heterocycles. The summed E-state index contributed by atoms with van der Waals surface area (Å²) in [7, 11) is 0. The monoisotopic (exact) mass is 398 g/mol. The van der Waals surface area contributed by atoms with Crippen molar-refractivity contribution in [3.8, 4) is 0 Å². The van der Waals surface area contributed by atoms with Gasteiger partial charge in [-0.05, 0) is 48.2 Å². The molecule has 1 heterocycles. The van der Waals surface area contributed by atoms with Crippen LogP contribution in [-0.2, 0) is 23.8 Å². The zero-order chi connectivity index (χ0) is 19.2. The summed E-state index contributed by atoms with van der Waals surface area (Å²) in [4.78, 5) is 0. The van der Waals surface area contributed by atoms with Gasteiger partial charge < -0.3 is 20.5 Å². The van der Waals surface area contributed by atoms with Gasteiger partial charge in [0.25, 0.3) is 0 Å². The van der Waals surface area contributed by atoms with Crippen molar-refractivity contribution in [2.24, 2.45) is 0 Å². The summed E-state index contributed by atoms with van der Waals surface area (Å²) in [5.74, 6) is 0. The van der Waals surface area contributed by atoms with Crippen molar-refractivity contribution >= 4 is 23.0 Å². The van der Waals surface area contributed by atoms with Crippen molar-refractivity contribution in [1.29, 1.82) is 0 Å². The molecule has 8 heteroatoms. The van der Waals surface area contributed by atoms with Crippen LogP contribution >= 0.6 is 11.6 Å². The number of nitrogens with one attached hydrogen (secondary N) is 2. The van der Waals surface area contributed by atoms with Crippen LogP contribution in [0.5, 0.6) is 0 Å². The Morgan fingerprint density at radius 3 is 2.67 bits per heavy atom. The van der Waals surface area contributed by atoms with Gasteiger partial charge >= 0.3 is 6.18 Å². The summed E-state index contributed by atoms with van der Waals surface area (Å²) in [5, 5.41) is 15.7. The lowest BCUT2D eigenvalue weighted by Gasteiger charge is -2.23. The summed E-state index contributed by atoms with van der Waals surface area (Å²) in [6, 6.07) is 9.58. The van der Waals surface area contributed by atoms with E-state index in [1.165, 1.54) is 17.7 Å². The molecule has 144 valence electrons. The number of alkyl halides is 3. The normalized spacial score (nSPS) is 24.3. The first-order valence-corrected chi connectivity index (χ1v) is 9.03. The van der Waals surface area contributed by atoms with E-state index in [9.17, 15) is 18.3 Å². The van der Waals surface area contributed by atoms with E-state index in [-0.39, 0.29) is 23.0 Å². The van der Waals surface area contributed by atoms with Crippen LogP contribution in [0.1, 0.15) is 23.1 Å². The summed E-state index contributed by atoms with van der Waals surface area (Å²) in [5.41, 5.74) is 2.55. The quantitative estimate of drug-likeness (QED) is 0.667. The van der Waals surface area contributed by atoms with Crippen molar-refractivity contribution in [2.45, 2.75) is 44.0 Å². The second kappa shape index (κ2) is 6.89. The SMILES string of the molecule is O[C@H]1CCc2cccc(NC3OC3Nc3ccc(Cl)c(C(F)(F)F)c3)c2C1. The molecule has 3 atom stereocenters. The molecular weight excluding hydrogens is 381 g/mol. The van der Waals surface area contributed by atoms with Crippen molar-refractivity contribution in [3.05, 3.63) is 58.1 Å². The van der Waals surface area contributed by atoms with E-state index < -0.39 is 18.0 Å². The maximum absolute atomic E-state index is 13.0. The number of hydrogen-bond acceptors (Lipinski definition) is 4. The summed E-state index contributed by atoms with van der Waals surface area (Å²) in [6.07, 6.45) is -3.53. The van der Waals surface area contributed by atoms with E-state index in [0.717, 1.165) is 30.2 Å². The summed E-state index contributed by atoms with van der Waals surface area (Å²) in [6.45, 7) is 0. The number of halogens is 4. The summed E-state index contributed by atoms with van der Waals surface area (Å²) >= 11 is 5.64. The molecule has 2 unspecified atom stereocenters. The first kappa shape index (κ1) is 18.4. The van der Waals surface area contributed by atoms with Crippen LogP contribution in [0.15, 0.2) is 36.4 Å². The predicted molar refractivity (Wildman–Crippen MR) is 96.8 cm³/mol. The van der Waals surface area contributed by atoms with Crippen LogP contribution in [0.3, 0.4) is 0 Å². The minimum absolute atomic E-state index is 0.284.